The van der Waals surface area contributed by atoms with E-state index in [1.165, 1.54) is 0 Å². The molecule has 0 bridgehead atoms. The van der Waals surface area contributed by atoms with Gasteiger partial charge in [-0.05, 0) is 27.6 Å². The Kier molecular flexibility index (Phi) is 4.88. The Balaban J connectivity index is 1.94. The van der Waals surface area contributed by atoms with E-state index < -0.39 is 0 Å². The molecule has 2 rings (SSSR count). The first-order valence-electron chi connectivity index (χ1n) is 5.63. The summed E-state index contributed by atoms with van der Waals surface area (Å²) in [6.07, 6.45) is 5.48. The lowest BCUT2D eigenvalue weighted by atomic mass is 10.2. The molecule has 0 atom stereocenters. The van der Waals surface area contributed by atoms with Crippen molar-refractivity contribution >= 4 is 28.0 Å². The van der Waals surface area contributed by atoms with Crippen LogP contribution in [-0.4, -0.2) is 16.6 Å². The molecule has 6 heteroatoms. The minimum atomic E-state index is 0.310. The number of aromatic nitrogens is 2. The van der Waals surface area contributed by atoms with Crippen LogP contribution in [0.2, 0.25) is 0 Å². The SMILES string of the molecule is NNc1ncc(Br)c(OC/C=C/c2ccccc2)n1. The van der Waals surface area contributed by atoms with Crippen LogP contribution in [0.5, 0.6) is 5.88 Å². The van der Waals surface area contributed by atoms with E-state index in [-0.39, 0.29) is 0 Å². The second-order valence-electron chi connectivity index (χ2n) is 3.62. The Labute approximate surface area is 119 Å². The number of ether oxygens (including phenoxy) is 1. The van der Waals surface area contributed by atoms with Gasteiger partial charge in [-0.2, -0.15) is 4.98 Å². The van der Waals surface area contributed by atoms with Crippen molar-refractivity contribution in [1.82, 2.24) is 9.97 Å². The number of halogens is 1. The molecule has 3 N–H and O–H groups in total. The van der Waals surface area contributed by atoms with Crippen molar-refractivity contribution in [3.05, 3.63) is 52.6 Å². The number of hydrogen-bond acceptors (Lipinski definition) is 5. The smallest absolute Gasteiger partial charge is 0.240 e. The number of anilines is 1. The van der Waals surface area contributed by atoms with Crippen molar-refractivity contribution in [2.75, 3.05) is 12.0 Å². The molecular weight excluding hydrogens is 308 g/mol. The maximum absolute atomic E-state index is 5.52. The monoisotopic (exact) mass is 320 g/mol. The van der Waals surface area contributed by atoms with Gasteiger partial charge >= 0.3 is 0 Å². The minimum Gasteiger partial charge on any atom is -0.473 e. The number of nitrogens with two attached hydrogens (primary N) is 1. The molecule has 1 aromatic heterocycles. The number of nitrogens with one attached hydrogen (secondary N) is 1. The highest BCUT2D eigenvalue weighted by Crippen LogP contribution is 2.22. The van der Waals surface area contributed by atoms with Crippen molar-refractivity contribution in [1.29, 1.82) is 0 Å². The second-order valence-corrected chi connectivity index (χ2v) is 4.47. The average molecular weight is 321 g/mol. The molecule has 1 heterocycles. The third kappa shape index (κ3) is 4.04. The Morgan fingerprint density at radius 1 is 1.32 bits per heavy atom. The van der Waals surface area contributed by atoms with Crippen LogP contribution in [0.15, 0.2) is 47.1 Å². The summed E-state index contributed by atoms with van der Waals surface area (Å²) >= 11 is 3.31. The first kappa shape index (κ1) is 13.5. The first-order chi connectivity index (χ1) is 9.29. The van der Waals surface area contributed by atoms with Gasteiger partial charge in [0.05, 0.1) is 10.7 Å². The number of hydrogen-bond donors (Lipinski definition) is 2. The van der Waals surface area contributed by atoms with Crippen LogP contribution in [0.4, 0.5) is 5.95 Å². The second kappa shape index (κ2) is 6.86. The van der Waals surface area contributed by atoms with E-state index in [4.69, 9.17) is 10.6 Å². The Morgan fingerprint density at radius 2 is 2.11 bits per heavy atom. The molecule has 5 nitrogen and oxygen atoms in total. The van der Waals surface area contributed by atoms with Crippen LogP contribution in [0.1, 0.15) is 5.56 Å². The van der Waals surface area contributed by atoms with Crippen molar-refractivity contribution < 1.29 is 4.74 Å². The molecule has 0 aliphatic rings. The van der Waals surface area contributed by atoms with E-state index in [1.54, 1.807) is 6.20 Å². The van der Waals surface area contributed by atoms with Gasteiger partial charge in [0.15, 0.2) is 0 Å². The summed E-state index contributed by atoms with van der Waals surface area (Å²) in [5.41, 5.74) is 3.49. The van der Waals surface area contributed by atoms with Crippen LogP contribution < -0.4 is 16.0 Å². The van der Waals surface area contributed by atoms with Crippen LogP contribution in [0, 0.1) is 0 Å². The zero-order chi connectivity index (χ0) is 13.5. The quantitative estimate of drug-likeness (QED) is 0.654. The number of hydrazine groups is 1. The summed E-state index contributed by atoms with van der Waals surface area (Å²) in [4.78, 5) is 8.03. The standard InChI is InChI=1S/C13H13BrN4O/c14-11-9-16-13(18-15)17-12(11)19-8-4-7-10-5-2-1-3-6-10/h1-7,9H,8,15H2,(H,16,17,18)/b7-4+. The summed E-state index contributed by atoms with van der Waals surface area (Å²) in [6.45, 7) is 0.411. The molecule has 0 fully saturated rings. The topological polar surface area (TPSA) is 73.1 Å². The van der Waals surface area contributed by atoms with E-state index in [0.717, 1.165) is 5.56 Å². The molecular formula is C13H13BrN4O. The summed E-state index contributed by atoms with van der Waals surface area (Å²) in [5, 5.41) is 0. The Bertz CT molecular complexity index is 560. The van der Waals surface area contributed by atoms with Crippen LogP contribution in [0.25, 0.3) is 6.08 Å². The lowest BCUT2D eigenvalue weighted by molar-refractivity contribution is 0.346. The fraction of sp³-hybridized carbons (Fsp3) is 0.0769. The molecule has 0 saturated carbocycles. The van der Waals surface area contributed by atoms with Gasteiger partial charge in [-0.25, -0.2) is 10.8 Å². The molecule has 0 saturated heterocycles. The third-order valence-corrected chi connectivity index (χ3v) is 2.81. The summed E-state index contributed by atoms with van der Waals surface area (Å²) in [7, 11) is 0. The van der Waals surface area contributed by atoms with E-state index in [9.17, 15) is 0 Å². The highest BCUT2D eigenvalue weighted by molar-refractivity contribution is 9.10. The third-order valence-electron chi connectivity index (χ3n) is 2.27. The number of rotatable bonds is 5. The summed E-state index contributed by atoms with van der Waals surface area (Å²) in [5.74, 6) is 6.00. The normalized spacial score (nSPS) is 10.6. The van der Waals surface area contributed by atoms with Gasteiger partial charge in [0.1, 0.15) is 6.61 Å². The van der Waals surface area contributed by atoms with Crippen molar-refractivity contribution in [2.45, 2.75) is 0 Å². The summed E-state index contributed by atoms with van der Waals surface area (Å²) < 4.78 is 6.20. The summed E-state index contributed by atoms with van der Waals surface area (Å²) in [6, 6.07) is 10.00. The molecule has 98 valence electrons. The highest BCUT2D eigenvalue weighted by atomic mass is 79.9. The largest absolute Gasteiger partial charge is 0.473 e. The zero-order valence-corrected chi connectivity index (χ0v) is 11.7. The highest BCUT2D eigenvalue weighted by Gasteiger charge is 2.04. The molecule has 1 aromatic carbocycles. The number of nitrogens with zero attached hydrogens (tertiary/aromatic N) is 2. The zero-order valence-electron chi connectivity index (χ0n) is 10.1. The molecule has 0 spiro atoms. The van der Waals surface area contributed by atoms with Crippen LogP contribution in [-0.2, 0) is 0 Å². The van der Waals surface area contributed by atoms with Gasteiger partial charge in [-0.1, -0.05) is 36.4 Å². The van der Waals surface area contributed by atoms with E-state index in [1.807, 2.05) is 42.5 Å². The number of nitrogen functional groups attached to an aromatic ring is 1. The van der Waals surface area contributed by atoms with Gasteiger partial charge in [0, 0.05) is 0 Å². The predicted octanol–water partition coefficient (Wildman–Crippen LogP) is 2.62. The first-order valence-corrected chi connectivity index (χ1v) is 6.42. The van der Waals surface area contributed by atoms with E-state index in [0.29, 0.717) is 22.9 Å². The van der Waals surface area contributed by atoms with Crippen LogP contribution >= 0.6 is 15.9 Å². The van der Waals surface area contributed by atoms with Gasteiger partial charge in [-0.15, -0.1) is 0 Å². The molecule has 0 radical (unpaired) electrons. The lowest BCUT2D eigenvalue weighted by Crippen LogP contribution is -2.11. The van der Waals surface area contributed by atoms with Gasteiger partial charge in [-0.3, -0.25) is 5.43 Å². The molecule has 0 aliphatic heterocycles. The molecule has 0 amide bonds. The number of benzene rings is 1. The minimum absolute atomic E-state index is 0.310. The average Bonchev–Trinajstić information content (AvgIpc) is 2.46. The van der Waals surface area contributed by atoms with Gasteiger partial charge in [0.25, 0.3) is 0 Å². The van der Waals surface area contributed by atoms with E-state index in [2.05, 4.69) is 31.3 Å². The fourth-order valence-corrected chi connectivity index (χ4v) is 1.70. The van der Waals surface area contributed by atoms with Gasteiger partial charge < -0.3 is 4.74 Å². The molecule has 0 aliphatic carbocycles. The Hall–Kier alpha value is -1.92. The van der Waals surface area contributed by atoms with E-state index >= 15 is 0 Å². The fourth-order valence-electron chi connectivity index (χ4n) is 1.40. The van der Waals surface area contributed by atoms with Crippen LogP contribution in [0.3, 0.4) is 0 Å². The van der Waals surface area contributed by atoms with Crippen molar-refractivity contribution in [2.24, 2.45) is 5.84 Å². The molecule has 0 unspecified atom stereocenters. The van der Waals surface area contributed by atoms with Gasteiger partial charge in [0.2, 0.25) is 11.8 Å². The maximum Gasteiger partial charge on any atom is 0.240 e. The van der Waals surface area contributed by atoms with Crippen molar-refractivity contribution in [3.63, 3.8) is 0 Å². The molecule has 2 aromatic rings. The molecule has 19 heavy (non-hydrogen) atoms. The lowest BCUT2D eigenvalue weighted by Gasteiger charge is -2.05. The maximum atomic E-state index is 5.52. The Morgan fingerprint density at radius 3 is 2.84 bits per heavy atom. The predicted molar refractivity (Wildman–Crippen MR) is 78.5 cm³/mol. The van der Waals surface area contributed by atoms with Crippen molar-refractivity contribution in [3.8, 4) is 5.88 Å².